The van der Waals surface area contributed by atoms with E-state index in [9.17, 15) is 4.79 Å². The summed E-state index contributed by atoms with van der Waals surface area (Å²) < 4.78 is 0. The van der Waals surface area contributed by atoms with Crippen LogP contribution >= 0.6 is 23.4 Å². The lowest BCUT2D eigenvalue weighted by Crippen LogP contribution is -2.33. The molecule has 7 heteroatoms. The van der Waals surface area contributed by atoms with Crippen LogP contribution in [0, 0.1) is 5.92 Å². The molecule has 172 valence electrons. The van der Waals surface area contributed by atoms with Crippen LogP contribution in [0.4, 0.5) is 0 Å². The van der Waals surface area contributed by atoms with Crippen molar-refractivity contribution in [1.82, 2.24) is 15.4 Å². The molecular formula is C27H25ClN4OS. The minimum Gasteiger partial charge on any atom is -0.332 e. The van der Waals surface area contributed by atoms with Gasteiger partial charge in [-0.1, -0.05) is 110 Å². The van der Waals surface area contributed by atoms with E-state index in [-0.39, 0.29) is 17.1 Å². The van der Waals surface area contributed by atoms with Crippen molar-refractivity contribution in [3.05, 3.63) is 95.5 Å². The largest absolute Gasteiger partial charge is 0.332 e. The Morgan fingerprint density at radius 1 is 0.971 bits per heavy atom. The molecule has 0 aliphatic carbocycles. The second kappa shape index (κ2) is 11.2. The Hall–Kier alpha value is -3.35. The number of aromatic nitrogens is 2. The van der Waals surface area contributed by atoms with Crippen LogP contribution in [0.2, 0.25) is 5.02 Å². The Labute approximate surface area is 208 Å². The summed E-state index contributed by atoms with van der Waals surface area (Å²) in [7, 11) is 0. The second-order valence-electron chi connectivity index (χ2n) is 8.07. The Balaban J connectivity index is 1.56. The van der Waals surface area contributed by atoms with Gasteiger partial charge in [0, 0.05) is 16.1 Å². The molecule has 1 heterocycles. The average molecular weight is 489 g/mol. The zero-order chi connectivity index (χ0) is 23.9. The molecule has 0 saturated heterocycles. The number of imidazole rings is 1. The molecule has 1 aromatic heterocycles. The first-order valence-corrected chi connectivity index (χ1v) is 12.2. The maximum atomic E-state index is 13.0. The zero-order valence-electron chi connectivity index (χ0n) is 18.9. The number of H-pyrrole nitrogens is 1. The Morgan fingerprint density at radius 3 is 2.21 bits per heavy atom. The third-order valence-electron chi connectivity index (χ3n) is 5.15. The number of nitrogens with one attached hydrogen (secondary N) is 2. The fraction of sp³-hybridized carbons (Fsp3) is 0.148. The van der Waals surface area contributed by atoms with E-state index in [1.54, 1.807) is 18.3 Å². The van der Waals surface area contributed by atoms with Gasteiger partial charge in [-0.05, 0) is 23.6 Å². The van der Waals surface area contributed by atoms with Gasteiger partial charge in [0.05, 0.1) is 22.9 Å². The van der Waals surface area contributed by atoms with Crippen LogP contribution in [-0.4, -0.2) is 27.3 Å². The highest BCUT2D eigenvalue weighted by Crippen LogP contribution is 2.35. The molecule has 0 saturated carbocycles. The number of aromatic amines is 1. The average Bonchev–Trinajstić information content (AvgIpc) is 3.29. The van der Waals surface area contributed by atoms with Gasteiger partial charge in [0.2, 0.25) is 0 Å². The van der Waals surface area contributed by atoms with E-state index in [1.165, 1.54) is 11.8 Å². The summed E-state index contributed by atoms with van der Waals surface area (Å²) in [5.74, 6) is -0.106. The van der Waals surface area contributed by atoms with Gasteiger partial charge in [0.1, 0.15) is 0 Å². The Kier molecular flexibility index (Phi) is 7.83. The van der Waals surface area contributed by atoms with Crippen LogP contribution in [0.3, 0.4) is 0 Å². The normalized spacial score (nSPS) is 12.2. The molecule has 0 radical (unpaired) electrons. The van der Waals surface area contributed by atoms with E-state index in [4.69, 9.17) is 16.6 Å². The van der Waals surface area contributed by atoms with Gasteiger partial charge in [-0.2, -0.15) is 5.10 Å². The van der Waals surface area contributed by atoms with E-state index in [0.717, 1.165) is 28.1 Å². The smallest absolute Gasteiger partial charge is 0.253 e. The molecule has 1 unspecified atom stereocenters. The van der Waals surface area contributed by atoms with E-state index >= 15 is 0 Å². The lowest BCUT2D eigenvalue weighted by molar-refractivity contribution is -0.121. The van der Waals surface area contributed by atoms with Crippen LogP contribution in [0.5, 0.6) is 0 Å². The number of nitrogens with zero attached hydrogens (tertiary/aromatic N) is 2. The molecule has 1 amide bonds. The van der Waals surface area contributed by atoms with Crippen LogP contribution in [-0.2, 0) is 4.79 Å². The number of hydrazone groups is 1. The number of thioether (sulfide) groups is 1. The van der Waals surface area contributed by atoms with Gasteiger partial charge in [-0.15, -0.1) is 0 Å². The van der Waals surface area contributed by atoms with Crippen molar-refractivity contribution in [1.29, 1.82) is 0 Å². The van der Waals surface area contributed by atoms with Crippen molar-refractivity contribution in [3.63, 3.8) is 0 Å². The second-order valence-corrected chi connectivity index (χ2v) is 9.63. The SMILES string of the molecule is CC(C)C(Sc1nc(-c2ccccc2)c(-c2ccccc2)[nH]1)C(=O)N/N=C/c1ccc(Cl)cc1. The molecular weight excluding hydrogens is 464 g/mol. The molecule has 0 aliphatic heterocycles. The number of amides is 1. The number of rotatable bonds is 8. The van der Waals surface area contributed by atoms with Crippen LogP contribution in [0.25, 0.3) is 22.5 Å². The molecule has 5 nitrogen and oxygen atoms in total. The number of hydrogen-bond donors (Lipinski definition) is 2. The molecule has 0 bridgehead atoms. The third kappa shape index (κ3) is 5.95. The van der Waals surface area contributed by atoms with Crippen LogP contribution in [0.1, 0.15) is 19.4 Å². The van der Waals surface area contributed by atoms with Gasteiger partial charge in [-0.25, -0.2) is 10.4 Å². The molecule has 4 rings (SSSR count). The summed E-state index contributed by atoms with van der Waals surface area (Å²) in [4.78, 5) is 21.3. The van der Waals surface area contributed by atoms with Gasteiger partial charge in [0.25, 0.3) is 5.91 Å². The standard InChI is InChI=1S/C27H25ClN4OS/c1-18(2)25(26(33)32-29-17-19-13-15-22(28)16-14-19)34-27-30-23(20-9-5-3-6-10-20)24(31-27)21-11-7-4-8-12-21/h3-18,25H,1-2H3,(H,30,31)(H,32,33)/b29-17+. The van der Waals surface area contributed by atoms with Crippen molar-refractivity contribution in [3.8, 4) is 22.5 Å². The molecule has 2 N–H and O–H groups in total. The molecule has 4 aromatic rings. The van der Waals surface area contributed by atoms with Crippen molar-refractivity contribution < 1.29 is 4.79 Å². The van der Waals surface area contributed by atoms with E-state index < -0.39 is 0 Å². The highest BCUT2D eigenvalue weighted by atomic mass is 35.5. The number of benzene rings is 3. The summed E-state index contributed by atoms with van der Waals surface area (Å²) in [5, 5.41) is 5.09. The Bertz CT molecular complexity index is 1200. The number of hydrogen-bond acceptors (Lipinski definition) is 4. The predicted molar refractivity (Wildman–Crippen MR) is 141 cm³/mol. The van der Waals surface area contributed by atoms with Crippen LogP contribution in [0.15, 0.2) is 95.2 Å². The number of halogens is 1. The van der Waals surface area contributed by atoms with Gasteiger partial charge in [-0.3, -0.25) is 4.79 Å². The molecule has 3 aromatic carbocycles. The molecule has 34 heavy (non-hydrogen) atoms. The quantitative estimate of drug-likeness (QED) is 0.165. The van der Waals surface area contributed by atoms with Crippen molar-refractivity contribution in [2.75, 3.05) is 0 Å². The van der Waals surface area contributed by atoms with E-state index in [0.29, 0.717) is 10.2 Å². The fourth-order valence-electron chi connectivity index (χ4n) is 3.42. The fourth-order valence-corrected chi connectivity index (χ4v) is 4.52. The van der Waals surface area contributed by atoms with Crippen molar-refractivity contribution >= 4 is 35.5 Å². The van der Waals surface area contributed by atoms with Gasteiger partial charge >= 0.3 is 0 Å². The number of carbonyl (C=O) groups is 1. The third-order valence-corrected chi connectivity index (χ3v) is 6.83. The van der Waals surface area contributed by atoms with Crippen LogP contribution < -0.4 is 5.43 Å². The van der Waals surface area contributed by atoms with Crippen molar-refractivity contribution in [2.24, 2.45) is 11.0 Å². The van der Waals surface area contributed by atoms with E-state index in [1.807, 2.05) is 86.6 Å². The lowest BCUT2D eigenvalue weighted by atomic mass is 10.1. The van der Waals surface area contributed by atoms with E-state index in [2.05, 4.69) is 15.5 Å². The maximum absolute atomic E-state index is 13.0. The summed E-state index contributed by atoms with van der Waals surface area (Å²) in [6.07, 6.45) is 1.60. The summed E-state index contributed by atoms with van der Waals surface area (Å²) in [6, 6.07) is 27.4. The summed E-state index contributed by atoms with van der Waals surface area (Å²) in [6.45, 7) is 4.03. The maximum Gasteiger partial charge on any atom is 0.253 e. The predicted octanol–water partition coefficient (Wildman–Crippen LogP) is 6.66. The molecule has 0 fully saturated rings. The zero-order valence-corrected chi connectivity index (χ0v) is 20.5. The minimum atomic E-state index is -0.374. The topological polar surface area (TPSA) is 70.1 Å². The monoisotopic (exact) mass is 488 g/mol. The first-order chi connectivity index (χ1) is 16.5. The number of carbonyl (C=O) groups excluding carboxylic acids is 1. The lowest BCUT2D eigenvalue weighted by Gasteiger charge is -2.16. The highest BCUT2D eigenvalue weighted by molar-refractivity contribution is 8.00. The minimum absolute atomic E-state index is 0.0705. The van der Waals surface area contributed by atoms with Gasteiger partial charge in [0.15, 0.2) is 5.16 Å². The van der Waals surface area contributed by atoms with Gasteiger partial charge < -0.3 is 4.98 Å². The highest BCUT2D eigenvalue weighted by Gasteiger charge is 2.26. The summed E-state index contributed by atoms with van der Waals surface area (Å²) >= 11 is 7.32. The Morgan fingerprint density at radius 2 is 1.59 bits per heavy atom. The first kappa shape index (κ1) is 23.8. The molecule has 1 atom stereocenters. The molecule has 0 aliphatic rings. The first-order valence-electron chi connectivity index (χ1n) is 11.0. The molecule has 0 spiro atoms. The summed E-state index contributed by atoms with van der Waals surface area (Å²) in [5.41, 5.74) is 7.36. The van der Waals surface area contributed by atoms with Crippen molar-refractivity contribution in [2.45, 2.75) is 24.3 Å².